The first-order chi connectivity index (χ1) is 13.5. The summed E-state index contributed by atoms with van der Waals surface area (Å²) in [7, 11) is 1.67. The fourth-order valence-electron chi connectivity index (χ4n) is 3.93. The van der Waals surface area contributed by atoms with Gasteiger partial charge in [0.2, 0.25) is 5.91 Å². The zero-order chi connectivity index (χ0) is 20.7. The maximum absolute atomic E-state index is 15.4. The first-order valence-corrected chi connectivity index (χ1v) is 10.6. The van der Waals surface area contributed by atoms with Gasteiger partial charge in [0.05, 0.1) is 11.8 Å². The van der Waals surface area contributed by atoms with Gasteiger partial charge in [-0.3, -0.25) is 4.79 Å². The van der Waals surface area contributed by atoms with Crippen LogP contribution in [-0.2, 0) is 22.4 Å². The molecule has 1 heterocycles. The maximum atomic E-state index is 15.4. The van der Waals surface area contributed by atoms with E-state index in [-0.39, 0.29) is 17.7 Å². The number of hydrogen-bond donors (Lipinski definition) is 1. The minimum absolute atomic E-state index is 0.0484. The van der Waals surface area contributed by atoms with Gasteiger partial charge in [-0.25, -0.2) is 8.78 Å². The number of carbonyl (C=O) groups is 1. The zero-order valence-electron chi connectivity index (χ0n) is 17.7. The summed E-state index contributed by atoms with van der Waals surface area (Å²) in [6.07, 6.45) is 5.55. The molecule has 0 atom stereocenters. The van der Waals surface area contributed by atoms with Crippen molar-refractivity contribution in [2.24, 2.45) is 0 Å². The van der Waals surface area contributed by atoms with Gasteiger partial charge in [-0.05, 0) is 32.1 Å². The number of ether oxygens (including phenoxy) is 1. The van der Waals surface area contributed by atoms with Crippen LogP contribution in [0.2, 0.25) is 0 Å². The van der Waals surface area contributed by atoms with E-state index in [0.29, 0.717) is 49.2 Å². The van der Waals surface area contributed by atoms with Crippen molar-refractivity contribution in [3.63, 3.8) is 0 Å². The minimum atomic E-state index is -0.545. The highest BCUT2D eigenvalue weighted by atomic mass is 19.1. The van der Waals surface area contributed by atoms with Gasteiger partial charge in [0.1, 0.15) is 5.69 Å². The molecule has 1 aromatic rings. The first-order valence-electron chi connectivity index (χ1n) is 10.6. The fraction of sp³-hybridized carbons (Fsp3) is 0.682. The van der Waals surface area contributed by atoms with E-state index in [1.807, 2.05) is 13.8 Å². The molecule has 4 nitrogen and oxygen atoms in total. The molecule has 6 heteroatoms. The quantitative estimate of drug-likeness (QED) is 0.582. The normalized spacial score (nSPS) is 15.1. The minimum Gasteiger partial charge on any atom is -0.381 e. The molecule has 0 spiro atoms. The number of halogens is 2. The van der Waals surface area contributed by atoms with E-state index in [4.69, 9.17) is 4.74 Å². The smallest absolute Gasteiger partial charge is 0.224 e. The summed E-state index contributed by atoms with van der Waals surface area (Å²) in [5.74, 6) is -1.26. The number of nitrogens with zero attached hydrogens (tertiary/aromatic N) is 1. The molecule has 0 radical (unpaired) electrons. The molecular formula is C22H34F2N2O2. The van der Waals surface area contributed by atoms with Crippen LogP contribution in [0.3, 0.4) is 0 Å². The molecular weight excluding hydrogens is 362 g/mol. The molecule has 1 aliphatic rings. The highest BCUT2D eigenvalue weighted by Gasteiger charge is 2.29. The van der Waals surface area contributed by atoms with Gasteiger partial charge in [-0.15, -0.1) is 0 Å². The van der Waals surface area contributed by atoms with E-state index in [1.54, 1.807) is 12.0 Å². The molecule has 158 valence electrons. The number of piperidine rings is 1. The summed E-state index contributed by atoms with van der Waals surface area (Å²) in [6, 6.07) is 0. The van der Waals surface area contributed by atoms with Gasteiger partial charge in [-0.2, -0.15) is 0 Å². The summed E-state index contributed by atoms with van der Waals surface area (Å²) in [4.78, 5) is 14.1. The predicted molar refractivity (Wildman–Crippen MR) is 110 cm³/mol. The van der Waals surface area contributed by atoms with Crippen LogP contribution in [0.25, 0.3) is 0 Å². The molecule has 0 aromatic heterocycles. The van der Waals surface area contributed by atoms with E-state index in [2.05, 4.69) is 12.2 Å². The molecule has 1 N–H and O–H groups in total. The van der Waals surface area contributed by atoms with Gasteiger partial charge in [0, 0.05) is 37.7 Å². The third kappa shape index (κ3) is 5.02. The second-order valence-electron chi connectivity index (χ2n) is 7.44. The number of rotatable bonds is 9. The number of benzene rings is 1. The van der Waals surface area contributed by atoms with Gasteiger partial charge < -0.3 is 15.0 Å². The average Bonchev–Trinajstić information content (AvgIpc) is 2.69. The Morgan fingerprint density at radius 1 is 1.07 bits per heavy atom. The highest BCUT2D eigenvalue weighted by molar-refractivity contribution is 5.93. The van der Waals surface area contributed by atoms with E-state index >= 15 is 8.78 Å². The van der Waals surface area contributed by atoms with Gasteiger partial charge in [0.25, 0.3) is 0 Å². The van der Waals surface area contributed by atoms with Crippen LogP contribution in [0.4, 0.5) is 20.2 Å². The molecule has 1 aromatic carbocycles. The fourth-order valence-corrected chi connectivity index (χ4v) is 3.93. The number of nitrogens with one attached hydrogen (secondary N) is 1. The van der Waals surface area contributed by atoms with Crippen LogP contribution in [0.15, 0.2) is 0 Å². The number of unbranched alkanes of at least 4 members (excludes halogenated alkanes) is 2. The number of amides is 1. The lowest BCUT2D eigenvalue weighted by molar-refractivity contribution is -0.116. The van der Waals surface area contributed by atoms with Crippen molar-refractivity contribution in [2.75, 3.05) is 30.4 Å². The van der Waals surface area contributed by atoms with Crippen molar-refractivity contribution in [2.45, 2.75) is 78.2 Å². The standard InChI is InChI=1S/C22H34F2N2O2/c1-5-8-9-10-18(27)25-21-16(6-2)19(23)22(20(24)17(21)7-3)26-13-11-15(28-4)12-14-26/h15H,5-14H2,1-4H3,(H,25,27). The largest absolute Gasteiger partial charge is 0.381 e. The molecule has 1 aliphatic heterocycles. The molecule has 28 heavy (non-hydrogen) atoms. The molecule has 0 aliphatic carbocycles. The lowest BCUT2D eigenvalue weighted by Crippen LogP contribution is -2.38. The Bertz CT molecular complexity index is 640. The molecule has 2 rings (SSSR count). The van der Waals surface area contributed by atoms with Gasteiger partial charge in [-0.1, -0.05) is 33.6 Å². The highest BCUT2D eigenvalue weighted by Crippen LogP contribution is 2.38. The van der Waals surface area contributed by atoms with Crippen LogP contribution in [0.1, 0.15) is 70.4 Å². The molecule has 1 fully saturated rings. The lowest BCUT2D eigenvalue weighted by atomic mass is 9.97. The van der Waals surface area contributed by atoms with Crippen molar-refractivity contribution in [3.8, 4) is 0 Å². The second-order valence-corrected chi connectivity index (χ2v) is 7.44. The topological polar surface area (TPSA) is 41.6 Å². The van der Waals surface area contributed by atoms with Gasteiger partial charge >= 0.3 is 0 Å². The Morgan fingerprint density at radius 2 is 1.64 bits per heavy atom. The van der Waals surface area contributed by atoms with Crippen molar-refractivity contribution in [1.82, 2.24) is 0 Å². The molecule has 0 bridgehead atoms. The van der Waals surface area contributed by atoms with E-state index < -0.39 is 11.6 Å². The summed E-state index contributed by atoms with van der Waals surface area (Å²) >= 11 is 0. The zero-order valence-corrected chi connectivity index (χ0v) is 17.7. The van der Waals surface area contributed by atoms with Gasteiger partial charge in [0.15, 0.2) is 11.6 Å². The Balaban J connectivity index is 2.36. The van der Waals surface area contributed by atoms with Crippen molar-refractivity contribution in [3.05, 3.63) is 22.8 Å². The van der Waals surface area contributed by atoms with Crippen molar-refractivity contribution < 1.29 is 18.3 Å². The number of hydrogen-bond acceptors (Lipinski definition) is 3. The van der Waals surface area contributed by atoms with Crippen LogP contribution >= 0.6 is 0 Å². The summed E-state index contributed by atoms with van der Waals surface area (Å²) in [5, 5.41) is 2.81. The lowest BCUT2D eigenvalue weighted by Gasteiger charge is -2.34. The first kappa shape index (κ1) is 22.6. The Morgan fingerprint density at radius 3 is 2.11 bits per heavy atom. The predicted octanol–water partition coefficient (Wildman–Crippen LogP) is 5.22. The van der Waals surface area contributed by atoms with E-state index in [9.17, 15) is 4.79 Å². The van der Waals surface area contributed by atoms with E-state index in [1.165, 1.54) is 0 Å². The molecule has 1 saturated heterocycles. The molecule has 0 saturated carbocycles. The average molecular weight is 397 g/mol. The van der Waals surface area contributed by atoms with Crippen molar-refractivity contribution >= 4 is 17.3 Å². The third-order valence-electron chi connectivity index (χ3n) is 5.62. The SMILES string of the molecule is CCCCCC(=O)Nc1c(CC)c(F)c(N2CCC(OC)CC2)c(F)c1CC. The Kier molecular flexibility index (Phi) is 8.67. The summed E-state index contributed by atoms with van der Waals surface area (Å²) in [5.41, 5.74) is 1.17. The third-order valence-corrected chi connectivity index (χ3v) is 5.62. The molecule has 1 amide bonds. The van der Waals surface area contributed by atoms with E-state index in [0.717, 1.165) is 32.1 Å². The molecule has 0 unspecified atom stereocenters. The summed E-state index contributed by atoms with van der Waals surface area (Å²) < 4.78 is 36.1. The number of carbonyl (C=O) groups excluding carboxylic acids is 1. The maximum Gasteiger partial charge on any atom is 0.224 e. The second kappa shape index (κ2) is 10.7. The number of methoxy groups -OCH3 is 1. The number of anilines is 2. The van der Waals surface area contributed by atoms with Crippen LogP contribution in [0, 0.1) is 11.6 Å². The monoisotopic (exact) mass is 396 g/mol. The van der Waals surface area contributed by atoms with Crippen LogP contribution < -0.4 is 10.2 Å². The summed E-state index contributed by atoms with van der Waals surface area (Å²) in [6.45, 7) is 6.86. The van der Waals surface area contributed by atoms with Crippen LogP contribution in [-0.4, -0.2) is 32.2 Å². The Labute approximate surface area is 167 Å². The van der Waals surface area contributed by atoms with Crippen molar-refractivity contribution in [1.29, 1.82) is 0 Å². The van der Waals surface area contributed by atoms with Crippen LogP contribution in [0.5, 0.6) is 0 Å². The Hall–Kier alpha value is -1.69.